The van der Waals surface area contributed by atoms with Gasteiger partial charge in [-0.3, -0.25) is 37.3 Å². The molecule has 0 rings (SSSR count). The van der Waals surface area contributed by atoms with Gasteiger partial charge < -0.3 is 33.8 Å². The van der Waals surface area contributed by atoms with E-state index in [-0.39, 0.29) is 25.7 Å². The monoisotopic (exact) mass is 1450 g/mol. The van der Waals surface area contributed by atoms with E-state index in [2.05, 4.69) is 27.7 Å². The van der Waals surface area contributed by atoms with Gasteiger partial charge in [-0.1, -0.05) is 381 Å². The van der Waals surface area contributed by atoms with E-state index in [0.29, 0.717) is 25.7 Å². The maximum atomic E-state index is 13.1. The van der Waals surface area contributed by atoms with Crippen LogP contribution in [-0.4, -0.2) is 96.7 Å². The van der Waals surface area contributed by atoms with Crippen molar-refractivity contribution < 1.29 is 80.2 Å². The molecule has 0 saturated heterocycles. The molecule has 3 N–H and O–H groups in total. The molecule has 0 aliphatic rings. The number of aliphatic hydroxyl groups is 1. The molecule has 0 amide bonds. The topological polar surface area (TPSA) is 237 Å². The number of carbonyl (C=O) groups excluding carboxylic acids is 4. The van der Waals surface area contributed by atoms with Gasteiger partial charge in [-0.25, -0.2) is 9.13 Å². The second kappa shape index (κ2) is 74.3. The number of carbonyl (C=O) groups is 4. The maximum absolute atomic E-state index is 13.1. The maximum Gasteiger partial charge on any atom is 0.472 e. The second-order valence-corrected chi connectivity index (χ2v) is 31.7. The lowest BCUT2D eigenvalue weighted by Gasteiger charge is -2.21. The van der Waals surface area contributed by atoms with E-state index in [1.54, 1.807) is 0 Å². The molecule has 19 heteroatoms. The summed E-state index contributed by atoms with van der Waals surface area (Å²) < 4.78 is 68.7. The minimum Gasteiger partial charge on any atom is -0.462 e. The van der Waals surface area contributed by atoms with Crippen LogP contribution >= 0.6 is 15.6 Å². The van der Waals surface area contributed by atoms with Gasteiger partial charge in [-0.05, 0) is 25.7 Å². The van der Waals surface area contributed by atoms with Crippen molar-refractivity contribution in [3.05, 3.63) is 0 Å². The number of esters is 4. The highest BCUT2D eigenvalue weighted by molar-refractivity contribution is 7.47. The molecule has 3 unspecified atom stereocenters. The summed E-state index contributed by atoms with van der Waals surface area (Å²) in [6, 6.07) is 0. The highest BCUT2D eigenvalue weighted by Gasteiger charge is 2.30. The van der Waals surface area contributed by atoms with Crippen LogP contribution in [0, 0.1) is 0 Å². The number of unbranched alkanes of at least 4 members (excludes halogenated alkanes) is 55. The number of rotatable bonds is 81. The third-order valence-electron chi connectivity index (χ3n) is 18.9. The van der Waals surface area contributed by atoms with Gasteiger partial charge in [0, 0.05) is 25.7 Å². The minimum absolute atomic E-state index is 0.109. The zero-order valence-corrected chi connectivity index (χ0v) is 66.3. The van der Waals surface area contributed by atoms with Crippen molar-refractivity contribution in [1.29, 1.82) is 0 Å². The molecular weight excluding hydrogens is 1290 g/mol. The Balaban J connectivity index is 5.24. The van der Waals surface area contributed by atoms with E-state index in [1.807, 2.05) is 0 Å². The largest absolute Gasteiger partial charge is 0.472 e. The second-order valence-electron chi connectivity index (χ2n) is 28.8. The van der Waals surface area contributed by atoms with E-state index in [9.17, 15) is 43.2 Å². The molecule has 0 heterocycles. The molecule has 17 nitrogen and oxygen atoms in total. The predicted molar refractivity (Wildman–Crippen MR) is 405 cm³/mol. The Morgan fingerprint density at radius 3 is 0.596 bits per heavy atom. The highest BCUT2D eigenvalue weighted by atomic mass is 31.2. The third kappa shape index (κ3) is 74.1. The van der Waals surface area contributed by atoms with Gasteiger partial charge in [0.15, 0.2) is 12.2 Å². The average molecular weight is 1450 g/mol. The summed E-state index contributed by atoms with van der Waals surface area (Å²) in [4.78, 5) is 73.0. The van der Waals surface area contributed by atoms with Crippen LogP contribution < -0.4 is 0 Å². The molecule has 0 aromatic rings. The Kier molecular flexibility index (Phi) is 72.9. The van der Waals surface area contributed by atoms with E-state index in [1.165, 1.54) is 263 Å². The Morgan fingerprint density at radius 2 is 0.404 bits per heavy atom. The Labute approximate surface area is 607 Å². The van der Waals surface area contributed by atoms with Crippen molar-refractivity contribution >= 4 is 39.5 Å². The van der Waals surface area contributed by atoms with Gasteiger partial charge in [-0.15, -0.1) is 0 Å². The third-order valence-corrected chi connectivity index (χ3v) is 20.8. The molecule has 99 heavy (non-hydrogen) atoms. The lowest BCUT2D eigenvalue weighted by molar-refractivity contribution is -0.161. The molecule has 0 aromatic carbocycles. The number of ether oxygens (including phenoxy) is 4. The van der Waals surface area contributed by atoms with Gasteiger partial charge >= 0.3 is 39.5 Å². The van der Waals surface area contributed by atoms with Crippen molar-refractivity contribution in [3.63, 3.8) is 0 Å². The lowest BCUT2D eigenvalue weighted by Crippen LogP contribution is -2.30. The number of phosphoric ester groups is 2. The van der Waals surface area contributed by atoms with Crippen molar-refractivity contribution in [3.8, 4) is 0 Å². The zero-order valence-electron chi connectivity index (χ0n) is 64.5. The molecule has 0 spiro atoms. The van der Waals surface area contributed by atoms with Crippen LogP contribution in [0.15, 0.2) is 0 Å². The first-order valence-corrected chi connectivity index (χ1v) is 44.8. The molecule has 0 fully saturated rings. The first-order chi connectivity index (χ1) is 48.2. The Bertz CT molecular complexity index is 1880. The van der Waals surface area contributed by atoms with Crippen molar-refractivity contribution in [2.45, 2.75) is 451 Å². The zero-order chi connectivity index (χ0) is 72.5. The summed E-state index contributed by atoms with van der Waals surface area (Å²) in [5.41, 5.74) is 0. The van der Waals surface area contributed by atoms with Crippen LogP contribution in [0.3, 0.4) is 0 Å². The Morgan fingerprint density at radius 1 is 0.242 bits per heavy atom. The smallest absolute Gasteiger partial charge is 0.462 e. The van der Waals surface area contributed by atoms with E-state index < -0.39 is 97.5 Å². The fourth-order valence-electron chi connectivity index (χ4n) is 12.5. The van der Waals surface area contributed by atoms with Crippen molar-refractivity contribution in [2.75, 3.05) is 39.6 Å². The van der Waals surface area contributed by atoms with Crippen LogP contribution in [0.5, 0.6) is 0 Å². The summed E-state index contributed by atoms with van der Waals surface area (Å²) in [6.07, 6.45) is 66.4. The summed E-state index contributed by atoms with van der Waals surface area (Å²) in [5.74, 6) is -2.10. The normalized spacial score (nSPS) is 13.8. The summed E-state index contributed by atoms with van der Waals surface area (Å²) >= 11 is 0. The Hall–Kier alpha value is -1.94. The van der Waals surface area contributed by atoms with Gasteiger partial charge in [0.1, 0.15) is 19.3 Å². The SMILES string of the molecule is CCCCCCCCCCCCCCCCCCCCCC(=O)O[C@H](COC(=O)CCCCCCCCCCCCCCCCC)COP(=O)(O)OCC(O)COP(=O)(O)OC[C@@H](COC(=O)CCCCCCCCCCCCCC)OC(=O)CCCCCCCCCCCCCCC. The van der Waals surface area contributed by atoms with Crippen molar-refractivity contribution in [2.24, 2.45) is 0 Å². The van der Waals surface area contributed by atoms with Crippen molar-refractivity contribution in [1.82, 2.24) is 0 Å². The van der Waals surface area contributed by atoms with E-state index in [4.69, 9.17) is 37.0 Å². The van der Waals surface area contributed by atoms with Gasteiger partial charge in [0.25, 0.3) is 0 Å². The first-order valence-electron chi connectivity index (χ1n) is 41.8. The van der Waals surface area contributed by atoms with Gasteiger partial charge in [-0.2, -0.15) is 0 Å². The number of hydrogen-bond donors (Lipinski definition) is 3. The quantitative estimate of drug-likeness (QED) is 0.0222. The molecule has 588 valence electrons. The fourth-order valence-corrected chi connectivity index (χ4v) is 14.0. The molecule has 0 saturated carbocycles. The molecular formula is C80H156O17P2. The standard InChI is InChI=1S/C80H156O17P2/c1-5-9-13-17-21-25-29-33-35-36-37-38-40-43-47-51-55-59-63-67-80(85)97-76(71-91-78(83)65-61-57-53-49-45-42-39-34-30-26-22-18-14-10-6-2)73-95-99(88,89)93-69-74(81)68-92-98(86,87)94-72-75(70-90-77(82)64-60-56-52-48-44-32-28-24-20-16-12-8-4)96-79(84)66-62-58-54-50-46-41-31-27-23-19-15-11-7-3/h74-76,81H,5-73H2,1-4H3,(H,86,87)(H,88,89)/t74?,75-,76-/m1/s1. The first kappa shape index (κ1) is 97.1. The van der Waals surface area contributed by atoms with E-state index >= 15 is 0 Å². The van der Waals surface area contributed by atoms with Crippen LogP contribution in [-0.2, 0) is 65.4 Å². The molecule has 0 aromatic heterocycles. The lowest BCUT2D eigenvalue weighted by atomic mass is 10.0. The number of phosphoric acid groups is 2. The summed E-state index contributed by atoms with van der Waals surface area (Å²) in [5, 5.41) is 10.6. The molecule has 0 aliphatic heterocycles. The summed E-state index contributed by atoms with van der Waals surface area (Å²) in [6.45, 7) is 5.03. The summed E-state index contributed by atoms with van der Waals surface area (Å²) in [7, 11) is -9.92. The predicted octanol–water partition coefficient (Wildman–Crippen LogP) is 24.2. The van der Waals surface area contributed by atoms with Crippen LogP contribution in [0.4, 0.5) is 0 Å². The molecule has 0 bridgehead atoms. The van der Waals surface area contributed by atoms with Crippen LogP contribution in [0.2, 0.25) is 0 Å². The fraction of sp³-hybridized carbons (Fsp3) is 0.950. The minimum atomic E-state index is -4.96. The highest BCUT2D eigenvalue weighted by Crippen LogP contribution is 2.45. The molecule has 5 atom stereocenters. The van der Waals surface area contributed by atoms with E-state index in [0.717, 1.165) is 89.9 Å². The van der Waals surface area contributed by atoms with Crippen LogP contribution in [0.1, 0.15) is 432 Å². The van der Waals surface area contributed by atoms with Gasteiger partial charge in [0.05, 0.1) is 26.4 Å². The van der Waals surface area contributed by atoms with Crippen LogP contribution in [0.25, 0.3) is 0 Å². The average Bonchev–Trinajstić information content (AvgIpc) is 0.994. The molecule has 0 aliphatic carbocycles. The number of aliphatic hydroxyl groups excluding tert-OH is 1. The van der Waals surface area contributed by atoms with Gasteiger partial charge in [0.2, 0.25) is 0 Å². The molecule has 0 radical (unpaired) electrons. The number of hydrogen-bond acceptors (Lipinski definition) is 15.